The molecule has 4 atom stereocenters. The molecule has 0 bridgehead atoms. The van der Waals surface area contributed by atoms with Gasteiger partial charge in [-0.05, 0) is 91.9 Å². The van der Waals surface area contributed by atoms with Crippen molar-refractivity contribution >= 4 is 11.9 Å². The third-order valence-electron chi connectivity index (χ3n) is 9.19. The topological polar surface area (TPSA) is 156 Å². The van der Waals surface area contributed by atoms with Crippen molar-refractivity contribution in [1.29, 1.82) is 0 Å². The van der Waals surface area contributed by atoms with Crippen LogP contribution in [0, 0.1) is 10.8 Å². The van der Waals surface area contributed by atoms with Gasteiger partial charge < -0.3 is 30.6 Å². The van der Waals surface area contributed by atoms with Crippen LogP contribution in [-0.4, -0.2) is 67.0 Å². The molecule has 0 aromatic rings. The molecule has 0 spiro atoms. The first-order chi connectivity index (χ1) is 22.6. The van der Waals surface area contributed by atoms with Gasteiger partial charge in [0.05, 0.1) is 35.2 Å². The highest BCUT2D eigenvalue weighted by Crippen LogP contribution is 2.25. The first-order valence-electron chi connectivity index (χ1n) is 19.1. The Balaban J connectivity index is 0. The molecular formula is C40H76O8. The van der Waals surface area contributed by atoms with Crippen molar-refractivity contribution in [1.82, 2.24) is 0 Å². The highest BCUT2D eigenvalue weighted by Gasteiger charge is 2.26. The molecule has 0 amide bonds. The summed E-state index contributed by atoms with van der Waals surface area (Å²) in [5.74, 6) is -1.47. The van der Waals surface area contributed by atoms with Gasteiger partial charge in [0.2, 0.25) is 0 Å². The van der Waals surface area contributed by atoms with E-state index in [4.69, 9.17) is 10.2 Å². The first-order valence-corrected chi connectivity index (χ1v) is 19.1. The third kappa shape index (κ3) is 28.1. The predicted molar refractivity (Wildman–Crippen MR) is 198 cm³/mol. The van der Waals surface area contributed by atoms with Gasteiger partial charge in [-0.2, -0.15) is 0 Å². The maximum Gasteiger partial charge on any atom is 0.309 e. The number of hydrogen-bond donors (Lipinski definition) is 6. The lowest BCUT2D eigenvalue weighted by molar-refractivity contribution is -0.148. The maximum atomic E-state index is 11.0. The number of carboxylic acids is 2. The molecule has 0 fully saturated rings. The summed E-state index contributed by atoms with van der Waals surface area (Å²) >= 11 is 0. The molecule has 6 N–H and O–H groups in total. The molecule has 284 valence electrons. The molecule has 0 aromatic heterocycles. The van der Waals surface area contributed by atoms with Gasteiger partial charge in [-0.3, -0.25) is 9.59 Å². The quantitative estimate of drug-likeness (QED) is 0.0323. The average molecular weight is 685 g/mol. The number of unbranched alkanes of at least 4 members (excludes halogenated alkanes) is 12. The van der Waals surface area contributed by atoms with Crippen LogP contribution in [-0.2, 0) is 9.59 Å². The average Bonchev–Trinajstić information content (AvgIpc) is 3.03. The van der Waals surface area contributed by atoms with Crippen LogP contribution in [0.3, 0.4) is 0 Å². The van der Waals surface area contributed by atoms with Crippen LogP contribution in [0.15, 0.2) is 24.3 Å². The summed E-state index contributed by atoms with van der Waals surface area (Å²) in [4.78, 5) is 22.0. The second kappa shape index (κ2) is 30.1. The second-order valence-electron chi connectivity index (χ2n) is 15.0. The molecule has 48 heavy (non-hydrogen) atoms. The Kier molecular flexibility index (Phi) is 30.3. The van der Waals surface area contributed by atoms with E-state index in [-0.39, 0.29) is 0 Å². The summed E-state index contributed by atoms with van der Waals surface area (Å²) in [6, 6.07) is 0. The number of aliphatic hydroxyl groups excluding tert-OH is 4. The molecule has 8 heteroatoms. The molecule has 0 heterocycles. The predicted octanol–water partition coefficient (Wildman–Crippen LogP) is 9.37. The van der Waals surface area contributed by atoms with Crippen LogP contribution in [0.4, 0.5) is 0 Å². The fraction of sp³-hybridized carbons (Fsp3) is 0.850. The minimum absolute atomic E-state index is 0.514. The first kappa shape index (κ1) is 48.4. The van der Waals surface area contributed by atoms with Gasteiger partial charge in [-0.15, -0.1) is 0 Å². The molecule has 4 unspecified atom stereocenters. The van der Waals surface area contributed by atoms with Crippen LogP contribution >= 0.6 is 0 Å². The minimum Gasteiger partial charge on any atom is -0.481 e. The Morgan fingerprint density at radius 2 is 0.812 bits per heavy atom. The van der Waals surface area contributed by atoms with Crippen LogP contribution in [0.1, 0.15) is 183 Å². The third-order valence-corrected chi connectivity index (χ3v) is 9.19. The number of aliphatic carboxylic acids is 2. The number of carbonyl (C=O) groups is 2. The molecule has 0 aromatic carbocycles. The summed E-state index contributed by atoms with van der Waals surface area (Å²) in [6.45, 7) is 11.4. The van der Waals surface area contributed by atoms with E-state index in [1.807, 2.05) is 12.2 Å². The molecule has 0 radical (unpaired) electrons. The minimum atomic E-state index is -0.746. The molecule has 0 aliphatic rings. The summed E-state index contributed by atoms with van der Waals surface area (Å²) < 4.78 is 0. The van der Waals surface area contributed by atoms with E-state index < -0.39 is 47.2 Å². The van der Waals surface area contributed by atoms with Gasteiger partial charge in [0.15, 0.2) is 0 Å². The lowest BCUT2D eigenvalue weighted by Crippen LogP contribution is -2.25. The van der Waals surface area contributed by atoms with Crippen LogP contribution < -0.4 is 0 Å². The zero-order chi connectivity index (χ0) is 36.8. The van der Waals surface area contributed by atoms with Crippen LogP contribution in [0.2, 0.25) is 0 Å². The summed E-state index contributed by atoms with van der Waals surface area (Å²) in [6.07, 6.45) is 25.9. The van der Waals surface area contributed by atoms with Gasteiger partial charge in [0, 0.05) is 0 Å². The largest absolute Gasteiger partial charge is 0.481 e. The monoisotopic (exact) mass is 685 g/mol. The Hall–Kier alpha value is -1.74. The van der Waals surface area contributed by atoms with Crippen molar-refractivity contribution < 1.29 is 40.2 Å². The van der Waals surface area contributed by atoms with E-state index in [1.54, 1.807) is 27.7 Å². The van der Waals surface area contributed by atoms with E-state index in [0.29, 0.717) is 32.1 Å². The Labute approximate surface area is 294 Å². The van der Waals surface area contributed by atoms with Crippen molar-refractivity contribution in [2.75, 3.05) is 0 Å². The van der Waals surface area contributed by atoms with Crippen molar-refractivity contribution in [2.45, 2.75) is 207 Å². The zero-order valence-electron chi connectivity index (χ0n) is 31.7. The molecular weight excluding hydrogens is 608 g/mol. The second-order valence-corrected chi connectivity index (χ2v) is 15.0. The van der Waals surface area contributed by atoms with Crippen molar-refractivity contribution in [3.05, 3.63) is 24.3 Å². The number of carboxylic acid groups (broad SMARTS) is 2. The number of rotatable bonds is 30. The van der Waals surface area contributed by atoms with E-state index in [2.05, 4.69) is 26.0 Å². The molecule has 0 saturated carbocycles. The van der Waals surface area contributed by atoms with Gasteiger partial charge in [-0.25, -0.2) is 0 Å². The molecule has 8 nitrogen and oxygen atoms in total. The molecule has 0 rings (SSSR count). The summed E-state index contributed by atoms with van der Waals surface area (Å²) in [5, 5.41) is 57.6. The van der Waals surface area contributed by atoms with Crippen molar-refractivity contribution in [3.8, 4) is 0 Å². The van der Waals surface area contributed by atoms with Crippen molar-refractivity contribution in [3.63, 3.8) is 0 Å². The van der Waals surface area contributed by atoms with Gasteiger partial charge in [0.1, 0.15) is 0 Å². The van der Waals surface area contributed by atoms with Crippen LogP contribution in [0.25, 0.3) is 0 Å². The van der Waals surface area contributed by atoms with Crippen LogP contribution in [0.5, 0.6) is 0 Å². The normalized spacial score (nSPS) is 14.9. The van der Waals surface area contributed by atoms with Gasteiger partial charge in [0.25, 0.3) is 0 Å². The highest BCUT2D eigenvalue weighted by molar-refractivity contribution is 5.73. The Bertz CT molecular complexity index is 835. The SMILES string of the molecule is CCCCC/C=C\CC(O)C(O)CCCCCCC(C)(C)C(=O)O.CCCCCC(O)C(O)C/C=C\CCCCCCC(C)(C)C(=O)O. The number of allylic oxidation sites excluding steroid dienone is 2. The Morgan fingerprint density at radius 1 is 0.479 bits per heavy atom. The fourth-order valence-corrected chi connectivity index (χ4v) is 5.19. The molecule has 0 aliphatic heterocycles. The van der Waals surface area contributed by atoms with E-state index in [0.717, 1.165) is 89.9 Å². The fourth-order valence-electron chi connectivity index (χ4n) is 5.19. The van der Waals surface area contributed by atoms with E-state index in [1.165, 1.54) is 19.3 Å². The Morgan fingerprint density at radius 3 is 1.21 bits per heavy atom. The standard InChI is InChI=1S/2C20H38O4/c1-4-5-11-14-17(21)18(22)15-12-9-7-6-8-10-13-16-20(2,3)19(23)24;1-4-5-6-7-8-11-14-17(21)18(22)15-12-9-10-13-16-20(2,3)19(23)24/h9,12,17-18,21-22H,4-8,10-11,13-16H2,1-3H3,(H,23,24);8,11,17-18,21-22H,4-7,9-10,12-16H2,1-3H3,(H,23,24)/b12-9-;11-8-. The van der Waals surface area contributed by atoms with E-state index in [9.17, 15) is 30.0 Å². The molecule has 0 aliphatic carbocycles. The van der Waals surface area contributed by atoms with Crippen molar-refractivity contribution in [2.24, 2.45) is 10.8 Å². The number of hydrogen-bond acceptors (Lipinski definition) is 6. The van der Waals surface area contributed by atoms with Gasteiger partial charge >= 0.3 is 11.9 Å². The summed E-state index contributed by atoms with van der Waals surface area (Å²) in [5.41, 5.74) is -1.27. The summed E-state index contributed by atoms with van der Waals surface area (Å²) in [7, 11) is 0. The van der Waals surface area contributed by atoms with E-state index >= 15 is 0 Å². The van der Waals surface area contributed by atoms with Gasteiger partial charge in [-0.1, -0.05) is 115 Å². The zero-order valence-corrected chi connectivity index (χ0v) is 31.7. The lowest BCUT2D eigenvalue weighted by atomic mass is 9.87. The smallest absolute Gasteiger partial charge is 0.309 e. The highest BCUT2D eigenvalue weighted by atomic mass is 16.4. The maximum absolute atomic E-state index is 11.0. The lowest BCUT2D eigenvalue weighted by Gasteiger charge is -2.19. The number of aliphatic hydroxyl groups is 4. The molecule has 0 saturated heterocycles.